The van der Waals surface area contributed by atoms with Gasteiger partial charge < -0.3 is 10.6 Å². The lowest BCUT2D eigenvalue weighted by Gasteiger charge is -2.22. The first-order chi connectivity index (χ1) is 8.65. The van der Waals surface area contributed by atoms with Gasteiger partial charge in [-0.2, -0.15) is 0 Å². The van der Waals surface area contributed by atoms with Crippen LogP contribution in [-0.4, -0.2) is 30.9 Å². The molecule has 1 aromatic rings. The van der Waals surface area contributed by atoms with Crippen molar-refractivity contribution in [3.05, 3.63) is 35.9 Å². The van der Waals surface area contributed by atoms with Crippen LogP contribution in [0, 0.1) is 5.41 Å². The highest BCUT2D eigenvalue weighted by Gasteiger charge is 2.42. The number of nitrogens with two attached hydrogens (primary N) is 1. The highest BCUT2D eigenvalue weighted by atomic mass is 16.2. The van der Waals surface area contributed by atoms with E-state index < -0.39 is 0 Å². The Balaban J connectivity index is 1.77. The first-order valence-corrected chi connectivity index (χ1v) is 6.63. The third-order valence-electron chi connectivity index (χ3n) is 3.86. The van der Waals surface area contributed by atoms with E-state index in [0.717, 1.165) is 13.0 Å². The van der Waals surface area contributed by atoms with Crippen molar-refractivity contribution in [2.24, 2.45) is 11.1 Å². The van der Waals surface area contributed by atoms with E-state index in [4.69, 9.17) is 5.73 Å². The molecular formula is C15H22N2O. The number of rotatable bonds is 6. The molecule has 0 aliphatic heterocycles. The fraction of sp³-hybridized carbons (Fsp3) is 0.533. The molecule has 0 spiro atoms. The summed E-state index contributed by atoms with van der Waals surface area (Å²) in [5, 5.41) is 0. The fourth-order valence-corrected chi connectivity index (χ4v) is 2.28. The molecule has 0 saturated heterocycles. The molecule has 0 unspecified atom stereocenters. The lowest BCUT2D eigenvalue weighted by molar-refractivity contribution is -0.130. The molecule has 0 heterocycles. The first kappa shape index (κ1) is 13.1. The van der Waals surface area contributed by atoms with Crippen molar-refractivity contribution < 1.29 is 4.79 Å². The maximum Gasteiger partial charge on any atom is 0.222 e. The standard InChI is InChI=1S/C15H22N2O/c1-17(12-15(11-16)9-10-15)14(18)8-7-13-5-3-2-4-6-13/h2-6H,7-12,16H2,1H3. The minimum atomic E-state index is 0.221. The van der Waals surface area contributed by atoms with E-state index in [1.165, 1.54) is 18.4 Å². The van der Waals surface area contributed by atoms with E-state index in [2.05, 4.69) is 12.1 Å². The van der Waals surface area contributed by atoms with E-state index in [-0.39, 0.29) is 11.3 Å². The molecule has 0 radical (unpaired) electrons. The number of hydrogen-bond donors (Lipinski definition) is 1. The maximum absolute atomic E-state index is 12.0. The highest BCUT2D eigenvalue weighted by Crippen LogP contribution is 2.44. The van der Waals surface area contributed by atoms with Crippen molar-refractivity contribution in [3.8, 4) is 0 Å². The molecule has 1 aliphatic carbocycles. The van der Waals surface area contributed by atoms with Crippen LogP contribution in [0.5, 0.6) is 0 Å². The predicted molar refractivity (Wildman–Crippen MR) is 73.1 cm³/mol. The normalized spacial score (nSPS) is 16.3. The summed E-state index contributed by atoms with van der Waals surface area (Å²) in [7, 11) is 1.89. The Labute approximate surface area is 109 Å². The molecule has 2 rings (SSSR count). The predicted octanol–water partition coefficient (Wildman–Crippen LogP) is 1.82. The van der Waals surface area contributed by atoms with Crippen molar-refractivity contribution in [1.29, 1.82) is 0 Å². The molecule has 2 N–H and O–H groups in total. The summed E-state index contributed by atoms with van der Waals surface area (Å²) >= 11 is 0. The highest BCUT2D eigenvalue weighted by molar-refractivity contribution is 5.76. The Morgan fingerprint density at radius 3 is 2.56 bits per heavy atom. The average molecular weight is 246 g/mol. The Hall–Kier alpha value is -1.35. The van der Waals surface area contributed by atoms with E-state index in [1.807, 2.05) is 30.1 Å². The number of hydrogen-bond acceptors (Lipinski definition) is 2. The number of amides is 1. The summed E-state index contributed by atoms with van der Waals surface area (Å²) in [5.74, 6) is 0.221. The van der Waals surface area contributed by atoms with Crippen LogP contribution in [-0.2, 0) is 11.2 Å². The second kappa shape index (κ2) is 5.53. The molecule has 0 aromatic heterocycles. The number of benzene rings is 1. The number of carbonyl (C=O) groups excluding carboxylic acids is 1. The van der Waals surface area contributed by atoms with Crippen molar-refractivity contribution in [3.63, 3.8) is 0 Å². The van der Waals surface area contributed by atoms with E-state index in [0.29, 0.717) is 13.0 Å². The van der Waals surface area contributed by atoms with Gasteiger partial charge in [0, 0.05) is 25.4 Å². The van der Waals surface area contributed by atoms with E-state index >= 15 is 0 Å². The molecule has 1 fully saturated rings. The van der Waals surface area contributed by atoms with Crippen molar-refractivity contribution in [2.45, 2.75) is 25.7 Å². The monoisotopic (exact) mass is 246 g/mol. The van der Waals surface area contributed by atoms with Crippen molar-refractivity contribution >= 4 is 5.91 Å². The molecule has 3 nitrogen and oxygen atoms in total. The Bertz CT molecular complexity index is 398. The summed E-state index contributed by atoms with van der Waals surface area (Å²) < 4.78 is 0. The van der Waals surface area contributed by atoms with Crippen LogP contribution in [0.2, 0.25) is 0 Å². The third kappa shape index (κ3) is 3.33. The van der Waals surface area contributed by atoms with E-state index in [9.17, 15) is 4.79 Å². The van der Waals surface area contributed by atoms with Crippen LogP contribution in [0.3, 0.4) is 0 Å². The molecule has 1 amide bonds. The van der Waals surface area contributed by atoms with Gasteiger partial charge in [0.2, 0.25) is 5.91 Å². The van der Waals surface area contributed by atoms with Crippen LogP contribution in [0.4, 0.5) is 0 Å². The average Bonchev–Trinajstić information content (AvgIpc) is 3.17. The van der Waals surface area contributed by atoms with Gasteiger partial charge in [-0.3, -0.25) is 4.79 Å². The molecule has 0 bridgehead atoms. The molecule has 18 heavy (non-hydrogen) atoms. The topological polar surface area (TPSA) is 46.3 Å². The molecule has 1 aliphatic rings. The summed E-state index contributed by atoms with van der Waals surface area (Å²) in [6, 6.07) is 10.1. The Kier molecular flexibility index (Phi) is 4.02. The minimum absolute atomic E-state index is 0.221. The Morgan fingerprint density at radius 2 is 2.00 bits per heavy atom. The van der Waals surface area contributed by atoms with Gasteiger partial charge in [0.15, 0.2) is 0 Å². The summed E-state index contributed by atoms with van der Waals surface area (Å²) in [6.45, 7) is 1.51. The second-order valence-electron chi connectivity index (χ2n) is 5.44. The van der Waals surface area contributed by atoms with E-state index in [1.54, 1.807) is 0 Å². The quantitative estimate of drug-likeness (QED) is 0.832. The molecular weight excluding hydrogens is 224 g/mol. The largest absolute Gasteiger partial charge is 0.345 e. The lowest BCUT2D eigenvalue weighted by atomic mass is 10.1. The zero-order valence-corrected chi connectivity index (χ0v) is 11.1. The number of nitrogens with zero attached hydrogens (tertiary/aromatic N) is 1. The Morgan fingerprint density at radius 1 is 1.33 bits per heavy atom. The number of carbonyl (C=O) groups is 1. The van der Waals surface area contributed by atoms with Gasteiger partial charge in [0.05, 0.1) is 0 Å². The zero-order chi connectivity index (χ0) is 13.0. The van der Waals surface area contributed by atoms with Gasteiger partial charge in [-0.05, 0) is 31.4 Å². The number of aryl methyl sites for hydroxylation is 1. The molecule has 98 valence electrons. The fourth-order valence-electron chi connectivity index (χ4n) is 2.28. The zero-order valence-electron chi connectivity index (χ0n) is 11.1. The first-order valence-electron chi connectivity index (χ1n) is 6.63. The summed E-state index contributed by atoms with van der Waals surface area (Å²) in [5.41, 5.74) is 7.20. The van der Waals surface area contributed by atoms with Crippen LogP contribution in [0.25, 0.3) is 0 Å². The van der Waals surface area contributed by atoms with Crippen molar-refractivity contribution in [1.82, 2.24) is 4.90 Å². The smallest absolute Gasteiger partial charge is 0.222 e. The van der Waals surface area contributed by atoms with Gasteiger partial charge >= 0.3 is 0 Å². The lowest BCUT2D eigenvalue weighted by Crippen LogP contribution is -2.35. The maximum atomic E-state index is 12.0. The molecule has 1 saturated carbocycles. The van der Waals surface area contributed by atoms with Gasteiger partial charge in [0.25, 0.3) is 0 Å². The van der Waals surface area contributed by atoms with Crippen LogP contribution in [0.1, 0.15) is 24.8 Å². The minimum Gasteiger partial charge on any atom is -0.345 e. The SMILES string of the molecule is CN(CC1(CN)CC1)C(=O)CCc1ccccc1. The molecule has 1 aromatic carbocycles. The molecule has 3 heteroatoms. The second-order valence-corrected chi connectivity index (χ2v) is 5.44. The van der Waals surface area contributed by atoms with Gasteiger partial charge in [-0.25, -0.2) is 0 Å². The third-order valence-corrected chi connectivity index (χ3v) is 3.86. The van der Waals surface area contributed by atoms with Gasteiger partial charge in [-0.15, -0.1) is 0 Å². The van der Waals surface area contributed by atoms with Gasteiger partial charge in [-0.1, -0.05) is 30.3 Å². The molecule has 0 atom stereocenters. The van der Waals surface area contributed by atoms with Crippen LogP contribution >= 0.6 is 0 Å². The summed E-state index contributed by atoms with van der Waals surface area (Å²) in [6.07, 6.45) is 3.74. The van der Waals surface area contributed by atoms with Crippen LogP contribution in [0.15, 0.2) is 30.3 Å². The van der Waals surface area contributed by atoms with Gasteiger partial charge in [0.1, 0.15) is 0 Å². The summed E-state index contributed by atoms with van der Waals surface area (Å²) in [4.78, 5) is 13.9. The van der Waals surface area contributed by atoms with Crippen molar-refractivity contribution in [2.75, 3.05) is 20.1 Å². The van der Waals surface area contributed by atoms with Crippen LogP contribution < -0.4 is 5.73 Å².